The lowest BCUT2D eigenvalue weighted by molar-refractivity contribution is 1.03. The molecule has 0 aliphatic heterocycles. The molecule has 12 rings (SSSR count). The van der Waals surface area contributed by atoms with E-state index in [0.29, 0.717) is 0 Å². The number of benzene rings is 9. The van der Waals surface area contributed by atoms with Gasteiger partial charge in [-0.1, -0.05) is 152 Å². The van der Waals surface area contributed by atoms with Gasteiger partial charge in [-0.05, 0) is 103 Å². The molecule has 256 valence electrons. The van der Waals surface area contributed by atoms with E-state index in [1.54, 1.807) is 0 Å². The second-order valence-electron chi connectivity index (χ2n) is 14.8. The Balaban J connectivity index is 1.08. The predicted octanol–water partition coefficient (Wildman–Crippen LogP) is 14.8. The largest absolute Gasteiger partial charge is 0.309 e. The Kier molecular flexibility index (Phi) is 6.63. The van der Waals surface area contributed by atoms with Gasteiger partial charge in [-0.2, -0.15) is 0 Å². The van der Waals surface area contributed by atoms with Crippen molar-refractivity contribution in [3.63, 3.8) is 0 Å². The van der Waals surface area contributed by atoms with Crippen molar-refractivity contribution in [2.24, 2.45) is 0 Å². The molecule has 0 spiro atoms. The molecule has 0 saturated carbocycles. The number of hydrogen-bond acceptors (Lipinski definition) is 1. The zero-order valence-corrected chi connectivity index (χ0v) is 30.7. The first kappa shape index (κ1) is 30.7. The van der Waals surface area contributed by atoms with Crippen molar-refractivity contribution in [2.45, 2.75) is 5.92 Å². The van der Waals surface area contributed by atoms with Gasteiger partial charge in [0.05, 0.1) is 11.0 Å². The smallest absolute Gasteiger partial charge is 0.0555 e. The van der Waals surface area contributed by atoms with Gasteiger partial charge in [0.25, 0.3) is 0 Å². The third kappa shape index (κ3) is 4.59. The van der Waals surface area contributed by atoms with Gasteiger partial charge in [-0.25, -0.2) is 0 Å². The summed E-state index contributed by atoms with van der Waals surface area (Å²) >= 11 is 1.91. The number of aromatic nitrogens is 1. The van der Waals surface area contributed by atoms with Crippen LogP contribution in [0.25, 0.3) is 91.8 Å². The highest BCUT2D eigenvalue weighted by molar-refractivity contribution is 7.26. The molecule has 0 amide bonds. The summed E-state index contributed by atoms with van der Waals surface area (Å²) in [6.45, 7) is 0. The van der Waals surface area contributed by atoms with Gasteiger partial charge in [0.2, 0.25) is 0 Å². The second-order valence-corrected chi connectivity index (χ2v) is 15.9. The van der Waals surface area contributed by atoms with Crippen LogP contribution < -0.4 is 0 Å². The van der Waals surface area contributed by atoms with Gasteiger partial charge >= 0.3 is 0 Å². The lowest BCUT2D eigenvalue weighted by atomic mass is 9.86. The summed E-state index contributed by atoms with van der Waals surface area (Å²) in [7, 11) is 0. The maximum absolute atomic E-state index is 2.47. The maximum Gasteiger partial charge on any atom is 0.0555 e. The van der Waals surface area contributed by atoms with Crippen molar-refractivity contribution in [1.29, 1.82) is 0 Å². The van der Waals surface area contributed by atoms with E-state index >= 15 is 0 Å². The molecule has 1 nitrogen and oxygen atoms in total. The minimum Gasteiger partial charge on any atom is -0.309 e. The SMILES string of the molecule is c1ccc(-c2cccc(-n3c4ccc(-c5ccc6c(c5)-c5ccccc5C6c5cccc6ccccc56)cc4c4c5sc6ccccc6c5ccc43)c2)cc1. The topological polar surface area (TPSA) is 4.93 Å². The highest BCUT2D eigenvalue weighted by Gasteiger charge is 2.31. The molecular formula is C53H33NS. The first-order valence-electron chi connectivity index (χ1n) is 19.0. The first-order valence-corrected chi connectivity index (χ1v) is 19.9. The van der Waals surface area contributed by atoms with E-state index in [1.165, 1.54) is 109 Å². The van der Waals surface area contributed by atoms with Crippen LogP contribution in [0.2, 0.25) is 0 Å². The maximum atomic E-state index is 2.47. The number of rotatable bonds is 4. The highest BCUT2D eigenvalue weighted by atomic mass is 32.1. The zero-order valence-electron chi connectivity index (χ0n) is 29.9. The van der Waals surface area contributed by atoms with Crippen molar-refractivity contribution in [1.82, 2.24) is 4.57 Å². The van der Waals surface area contributed by atoms with Crippen LogP contribution in [-0.2, 0) is 0 Å². The normalized spacial score (nSPS) is 13.6. The van der Waals surface area contributed by atoms with Crippen molar-refractivity contribution < 1.29 is 0 Å². The van der Waals surface area contributed by atoms with Crippen LogP contribution in [0.1, 0.15) is 22.6 Å². The van der Waals surface area contributed by atoms with Crippen molar-refractivity contribution in [3.8, 4) is 39.1 Å². The summed E-state index contributed by atoms with van der Waals surface area (Å²) in [5.41, 5.74) is 15.3. The van der Waals surface area contributed by atoms with E-state index in [4.69, 9.17) is 0 Å². The summed E-state index contributed by atoms with van der Waals surface area (Å²) < 4.78 is 5.14. The van der Waals surface area contributed by atoms with Gasteiger partial charge in [-0.3, -0.25) is 0 Å². The van der Waals surface area contributed by atoms with Crippen molar-refractivity contribution >= 4 is 64.1 Å². The first-order chi connectivity index (χ1) is 27.3. The van der Waals surface area contributed by atoms with E-state index in [0.717, 1.165) is 0 Å². The molecule has 2 heterocycles. The summed E-state index contributed by atoms with van der Waals surface area (Å²) in [4.78, 5) is 0. The van der Waals surface area contributed by atoms with Crippen LogP contribution in [0, 0.1) is 0 Å². The Hall–Kier alpha value is -6.74. The molecular weight excluding hydrogens is 683 g/mol. The Bertz CT molecular complexity index is 3320. The fourth-order valence-corrected chi connectivity index (χ4v) is 10.7. The number of thiophene rings is 1. The molecule has 0 radical (unpaired) electrons. The van der Waals surface area contributed by atoms with E-state index in [9.17, 15) is 0 Å². The van der Waals surface area contributed by atoms with Gasteiger partial charge in [0.15, 0.2) is 0 Å². The standard InChI is InChI=1S/C53H33NS/c1-2-12-33(13-3-1)35-16-10-17-38(30-35)54-48-28-25-37(32-47(48)52-49(54)29-27-45-41-20-8-9-23-50(41)55-53(45)52)36-24-26-44-46(31-36)40-19-6-7-21-43(40)51(44)42-22-11-15-34-14-4-5-18-39(34)42/h1-32,51H. The quantitative estimate of drug-likeness (QED) is 0.171. The molecule has 9 aromatic carbocycles. The molecule has 0 fully saturated rings. The molecule has 0 N–H and O–H groups in total. The van der Waals surface area contributed by atoms with E-state index in [2.05, 4.69) is 199 Å². The summed E-state index contributed by atoms with van der Waals surface area (Å²) in [6, 6.07) is 72.1. The molecule has 1 aliphatic carbocycles. The van der Waals surface area contributed by atoms with Crippen molar-refractivity contribution in [3.05, 3.63) is 211 Å². The molecule has 2 aromatic heterocycles. The van der Waals surface area contributed by atoms with E-state index in [-0.39, 0.29) is 5.92 Å². The van der Waals surface area contributed by atoms with E-state index in [1.807, 2.05) is 11.3 Å². The fraction of sp³-hybridized carbons (Fsp3) is 0.0189. The molecule has 2 heteroatoms. The van der Waals surface area contributed by atoms with Crippen molar-refractivity contribution in [2.75, 3.05) is 0 Å². The van der Waals surface area contributed by atoms with Gasteiger partial charge in [0.1, 0.15) is 0 Å². The molecule has 0 saturated heterocycles. The summed E-state index contributed by atoms with van der Waals surface area (Å²) in [5, 5.41) is 7.86. The molecule has 1 aliphatic rings. The van der Waals surface area contributed by atoms with E-state index < -0.39 is 0 Å². The Labute approximate surface area is 323 Å². The second kappa shape index (κ2) is 11.9. The minimum atomic E-state index is 0.194. The predicted molar refractivity (Wildman–Crippen MR) is 235 cm³/mol. The third-order valence-electron chi connectivity index (χ3n) is 11.9. The Morgan fingerprint density at radius 2 is 1.05 bits per heavy atom. The Morgan fingerprint density at radius 3 is 2.00 bits per heavy atom. The van der Waals surface area contributed by atoms with Gasteiger partial charge < -0.3 is 4.57 Å². The molecule has 1 atom stereocenters. The van der Waals surface area contributed by atoms with Gasteiger partial charge in [-0.15, -0.1) is 11.3 Å². The lowest BCUT2D eigenvalue weighted by Crippen LogP contribution is -2.00. The van der Waals surface area contributed by atoms with Crippen LogP contribution in [0.15, 0.2) is 194 Å². The monoisotopic (exact) mass is 715 g/mol. The Morgan fingerprint density at radius 1 is 0.382 bits per heavy atom. The number of nitrogens with zero attached hydrogens (tertiary/aromatic N) is 1. The molecule has 0 bridgehead atoms. The fourth-order valence-electron chi connectivity index (χ4n) is 9.42. The van der Waals surface area contributed by atoms with Crippen LogP contribution in [0.4, 0.5) is 0 Å². The third-order valence-corrected chi connectivity index (χ3v) is 13.1. The van der Waals surface area contributed by atoms with Crippen LogP contribution in [0.5, 0.6) is 0 Å². The molecule has 55 heavy (non-hydrogen) atoms. The van der Waals surface area contributed by atoms with Crippen LogP contribution in [0.3, 0.4) is 0 Å². The zero-order chi connectivity index (χ0) is 36.0. The average molecular weight is 716 g/mol. The molecule has 11 aromatic rings. The summed E-state index contributed by atoms with van der Waals surface area (Å²) in [5.74, 6) is 0.194. The molecule has 1 unspecified atom stereocenters. The van der Waals surface area contributed by atoms with Gasteiger partial charge in [0, 0.05) is 42.6 Å². The lowest BCUT2D eigenvalue weighted by Gasteiger charge is -2.17. The number of hydrogen-bond donors (Lipinski definition) is 0. The number of fused-ring (bicyclic) bond motifs is 11. The highest BCUT2D eigenvalue weighted by Crippen LogP contribution is 2.51. The minimum absolute atomic E-state index is 0.194. The van der Waals surface area contributed by atoms with Crippen LogP contribution in [-0.4, -0.2) is 4.57 Å². The summed E-state index contributed by atoms with van der Waals surface area (Å²) in [6.07, 6.45) is 0. The average Bonchev–Trinajstić information content (AvgIpc) is 3.91. The van der Waals surface area contributed by atoms with Crippen LogP contribution >= 0.6 is 11.3 Å².